The van der Waals surface area contributed by atoms with Crippen LogP contribution in [0.4, 0.5) is 0 Å². The van der Waals surface area contributed by atoms with Gasteiger partial charge in [-0.3, -0.25) is 14.5 Å². The number of amides is 2. The van der Waals surface area contributed by atoms with Crippen LogP contribution in [0.5, 0.6) is 5.75 Å². The number of ether oxygens (including phenoxy) is 2. The Morgan fingerprint density at radius 2 is 2.12 bits per heavy atom. The molecule has 7 nitrogen and oxygen atoms in total. The standard InChI is InChI=1S/C18H25N3O4/c1-24-16-4-2-3-14(11-16)18(23)19-15-12-17(22)21(13-15)6-5-20-7-9-25-10-8-20/h2-4,11,15H,5-10,12-13H2,1H3,(H,19,23)/t15-/m0/s1. The Labute approximate surface area is 147 Å². The summed E-state index contributed by atoms with van der Waals surface area (Å²) in [7, 11) is 1.57. The molecule has 0 saturated carbocycles. The SMILES string of the molecule is COc1cccc(C(=O)N[C@H]2CC(=O)N(CCN3CCOCC3)C2)c1. The summed E-state index contributed by atoms with van der Waals surface area (Å²) in [5.41, 5.74) is 0.540. The van der Waals surface area contributed by atoms with Crippen LogP contribution in [0.3, 0.4) is 0 Å². The highest BCUT2D eigenvalue weighted by Crippen LogP contribution is 2.15. The molecule has 1 atom stereocenters. The van der Waals surface area contributed by atoms with Gasteiger partial charge < -0.3 is 19.7 Å². The summed E-state index contributed by atoms with van der Waals surface area (Å²) in [6.07, 6.45) is 0.360. The van der Waals surface area contributed by atoms with Gasteiger partial charge in [0.05, 0.1) is 26.4 Å². The van der Waals surface area contributed by atoms with Crippen molar-refractivity contribution in [1.29, 1.82) is 0 Å². The fourth-order valence-electron chi connectivity index (χ4n) is 3.20. The summed E-state index contributed by atoms with van der Waals surface area (Å²) >= 11 is 0. The molecule has 2 aliphatic heterocycles. The van der Waals surface area contributed by atoms with E-state index in [-0.39, 0.29) is 17.9 Å². The third kappa shape index (κ3) is 4.70. The number of rotatable bonds is 6. The molecule has 3 rings (SSSR count). The van der Waals surface area contributed by atoms with Crippen molar-refractivity contribution in [3.63, 3.8) is 0 Å². The molecular formula is C18H25N3O4. The highest BCUT2D eigenvalue weighted by Gasteiger charge is 2.30. The Morgan fingerprint density at radius 3 is 2.88 bits per heavy atom. The number of likely N-dealkylation sites (tertiary alicyclic amines) is 1. The zero-order valence-electron chi connectivity index (χ0n) is 14.6. The number of carbonyl (C=O) groups is 2. The second kappa shape index (κ2) is 8.31. The molecule has 1 aromatic rings. The van der Waals surface area contributed by atoms with Gasteiger partial charge in [0.1, 0.15) is 5.75 Å². The zero-order valence-corrected chi connectivity index (χ0v) is 14.6. The molecule has 2 saturated heterocycles. The number of nitrogens with one attached hydrogen (secondary N) is 1. The van der Waals surface area contributed by atoms with Crippen LogP contribution in [0, 0.1) is 0 Å². The van der Waals surface area contributed by atoms with Crippen molar-refractivity contribution in [3.05, 3.63) is 29.8 Å². The van der Waals surface area contributed by atoms with Gasteiger partial charge in [0.2, 0.25) is 5.91 Å². The summed E-state index contributed by atoms with van der Waals surface area (Å²) in [6.45, 7) is 5.46. The van der Waals surface area contributed by atoms with Crippen molar-refractivity contribution >= 4 is 11.8 Å². The largest absolute Gasteiger partial charge is 0.497 e. The summed E-state index contributed by atoms with van der Waals surface area (Å²) in [6, 6.07) is 6.87. The lowest BCUT2D eigenvalue weighted by atomic mass is 10.1. The second-order valence-electron chi connectivity index (χ2n) is 6.40. The predicted molar refractivity (Wildman–Crippen MR) is 92.7 cm³/mol. The summed E-state index contributed by atoms with van der Waals surface area (Å²) in [4.78, 5) is 28.7. The molecule has 7 heteroatoms. The lowest BCUT2D eigenvalue weighted by molar-refractivity contribution is -0.128. The van der Waals surface area contributed by atoms with E-state index in [0.717, 1.165) is 32.8 Å². The van der Waals surface area contributed by atoms with Crippen molar-refractivity contribution < 1.29 is 19.1 Å². The summed E-state index contributed by atoms with van der Waals surface area (Å²) < 4.78 is 10.5. The van der Waals surface area contributed by atoms with Crippen LogP contribution >= 0.6 is 0 Å². The van der Waals surface area contributed by atoms with E-state index in [1.54, 1.807) is 31.4 Å². The van der Waals surface area contributed by atoms with Gasteiger partial charge in [0.15, 0.2) is 0 Å². The van der Waals surface area contributed by atoms with E-state index in [4.69, 9.17) is 9.47 Å². The van der Waals surface area contributed by atoms with Crippen molar-refractivity contribution in [1.82, 2.24) is 15.1 Å². The van der Waals surface area contributed by atoms with Crippen LogP contribution in [0.1, 0.15) is 16.8 Å². The summed E-state index contributed by atoms with van der Waals surface area (Å²) in [5.74, 6) is 0.568. The van der Waals surface area contributed by atoms with Crippen molar-refractivity contribution in [2.45, 2.75) is 12.5 Å². The molecule has 1 aromatic carbocycles. The Balaban J connectivity index is 1.49. The highest BCUT2D eigenvalue weighted by molar-refractivity contribution is 5.95. The Kier molecular flexibility index (Phi) is 5.88. The maximum Gasteiger partial charge on any atom is 0.251 e. The molecule has 2 heterocycles. The first-order valence-electron chi connectivity index (χ1n) is 8.68. The fraction of sp³-hybridized carbons (Fsp3) is 0.556. The van der Waals surface area contributed by atoms with Gasteiger partial charge in [0, 0.05) is 44.7 Å². The van der Waals surface area contributed by atoms with Crippen LogP contribution < -0.4 is 10.1 Å². The quantitative estimate of drug-likeness (QED) is 0.804. The van der Waals surface area contributed by atoms with E-state index in [1.165, 1.54) is 0 Å². The number of benzene rings is 1. The average Bonchev–Trinajstić information content (AvgIpc) is 3.00. The van der Waals surface area contributed by atoms with Gasteiger partial charge in [-0.15, -0.1) is 0 Å². The molecular weight excluding hydrogens is 322 g/mol. The van der Waals surface area contributed by atoms with Crippen LogP contribution in [0.15, 0.2) is 24.3 Å². The van der Waals surface area contributed by atoms with E-state index in [0.29, 0.717) is 30.8 Å². The van der Waals surface area contributed by atoms with Gasteiger partial charge in [-0.1, -0.05) is 6.07 Å². The highest BCUT2D eigenvalue weighted by atomic mass is 16.5. The first kappa shape index (κ1) is 17.7. The smallest absolute Gasteiger partial charge is 0.251 e. The number of carbonyl (C=O) groups excluding carboxylic acids is 2. The van der Waals surface area contributed by atoms with Crippen molar-refractivity contribution in [3.8, 4) is 5.75 Å². The first-order valence-corrected chi connectivity index (χ1v) is 8.68. The molecule has 0 radical (unpaired) electrons. The van der Waals surface area contributed by atoms with Crippen LogP contribution in [0.2, 0.25) is 0 Å². The van der Waals surface area contributed by atoms with Gasteiger partial charge in [-0.25, -0.2) is 0 Å². The minimum absolute atomic E-state index is 0.101. The average molecular weight is 347 g/mol. The molecule has 0 aromatic heterocycles. The van der Waals surface area contributed by atoms with Crippen molar-refractivity contribution in [2.24, 2.45) is 0 Å². The molecule has 2 amide bonds. The topological polar surface area (TPSA) is 71.1 Å². The Morgan fingerprint density at radius 1 is 1.32 bits per heavy atom. The lowest BCUT2D eigenvalue weighted by Gasteiger charge is -2.28. The third-order valence-corrected chi connectivity index (χ3v) is 4.67. The van der Waals surface area contributed by atoms with Crippen molar-refractivity contribution in [2.75, 3.05) is 53.0 Å². The molecule has 136 valence electrons. The number of methoxy groups -OCH3 is 1. The van der Waals surface area contributed by atoms with Crippen LogP contribution in [0.25, 0.3) is 0 Å². The van der Waals surface area contributed by atoms with E-state index >= 15 is 0 Å². The normalized spacial score (nSPS) is 21.4. The van der Waals surface area contributed by atoms with Gasteiger partial charge in [-0.2, -0.15) is 0 Å². The third-order valence-electron chi connectivity index (χ3n) is 4.67. The molecule has 25 heavy (non-hydrogen) atoms. The lowest BCUT2D eigenvalue weighted by Crippen LogP contribution is -2.42. The molecule has 0 aliphatic carbocycles. The summed E-state index contributed by atoms with van der Waals surface area (Å²) in [5, 5.41) is 2.95. The zero-order chi connectivity index (χ0) is 17.6. The predicted octanol–water partition coefficient (Wildman–Crippen LogP) is 0.358. The van der Waals surface area contributed by atoms with Crippen LogP contribution in [-0.4, -0.2) is 80.7 Å². The monoisotopic (exact) mass is 347 g/mol. The Bertz CT molecular complexity index is 616. The number of hydrogen-bond donors (Lipinski definition) is 1. The van der Waals surface area contributed by atoms with E-state index in [1.807, 2.05) is 4.90 Å². The number of nitrogens with zero attached hydrogens (tertiary/aromatic N) is 2. The maximum absolute atomic E-state index is 12.4. The first-order chi connectivity index (χ1) is 12.2. The van der Waals surface area contributed by atoms with Gasteiger partial charge in [-0.05, 0) is 18.2 Å². The van der Waals surface area contributed by atoms with E-state index in [2.05, 4.69) is 10.2 Å². The number of hydrogen-bond acceptors (Lipinski definition) is 5. The molecule has 2 fully saturated rings. The molecule has 0 spiro atoms. The number of morpholine rings is 1. The molecule has 0 unspecified atom stereocenters. The second-order valence-corrected chi connectivity index (χ2v) is 6.40. The minimum atomic E-state index is -0.174. The van der Waals surface area contributed by atoms with Gasteiger partial charge >= 0.3 is 0 Å². The maximum atomic E-state index is 12.4. The van der Waals surface area contributed by atoms with Gasteiger partial charge in [0.25, 0.3) is 5.91 Å². The molecule has 1 N–H and O–H groups in total. The Hall–Kier alpha value is -2.12. The molecule has 0 bridgehead atoms. The van der Waals surface area contributed by atoms with E-state index < -0.39 is 0 Å². The van der Waals surface area contributed by atoms with E-state index in [9.17, 15) is 9.59 Å². The van der Waals surface area contributed by atoms with Crippen LogP contribution in [-0.2, 0) is 9.53 Å². The minimum Gasteiger partial charge on any atom is -0.497 e. The molecule has 2 aliphatic rings. The fourth-order valence-corrected chi connectivity index (χ4v) is 3.20.